The van der Waals surface area contributed by atoms with Crippen molar-refractivity contribution >= 4 is 45.6 Å². The average Bonchev–Trinajstić information content (AvgIpc) is 3.49. The Kier molecular flexibility index (Phi) is 5.73. The zero-order chi connectivity index (χ0) is 26.7. The van der Waals surface area contributed by atoms with Gasteiger partial charge in [-0.25, -0.2) is 0 Å². The number of imide groups is 1. The molecule has 2 saturated heterocycles. The number of aromatic nitrogens is 2. The highest BCUT2D eigenvalue weighted by Gasteiger charge is 2.41. The summed E-state index contributed by atoms with van der Waals surface area (Å²) in [5.74, 6) is -0.912. The molecule has 1 unspecified atom stereocenters. The molecule has 1 saturated carbocycles. The second kappa shape index (κ2) is 9.19. The number of rotatable bonds is 6. The van der Waals surface area contributed by atoms with Crippen molar-refractivity contribution < 1.29 is 14.4 Å². The summed E-state index contributed by atoms with van der Waals surface area (Å²) in [7, 11) is 0. The molecule has 3 fully saturated rings. The first-order valence-corrected chi connectivity index (χ1v) is 14.2. The molecule has 0 bridgehead atoms. The summed E-state index contributed by atoms with van der Waals surface area (Å²) < 4.78 is 2.10. The molecule has 1 atom stereocenters. The van der Waals surface area contributed by atoms with Crippen molar-refractivity contribution in [1.29, 1.82) is 0 Å². The third-order valence-corrected chi connectivity index (χ3v) is 9.23. The lowest BCUT2D eigenvalue weighted by atomic mass is 9.70. The summed E-state index contributed by atoms with van der Waals surface area (Å²) >= 11 is 0. The van der Waals surface area contributed by atoms with Crippen molar-refractivity contribution in [3.8, 4) is 0 Å². The summed E-state index contributed by atoms with van der Waals surface area (Å²) in [6.07, 6.45) is 10.8. The van der Waals surface area contributed by atoms with E-state index in [1.807, 2.05) is 30.5 Å². The lowest BCUT2D eigenvalue weighted by molar-refractivity contribution is -0.134. The topological polar surface area (TPSA) is 99.6 Å². The largest absolute Gasteiger partial charge is 0.352 e. The third kappa shape index (κ3) is 4.19. The number of hydrogen-bond acceptors (Lipinski definition) is 6. The number of carbonyl (C=O) groups is 3. The lowest BCUT2D eigenvalue weighted by Crippen LogP contribution is -2.53. The minimum atomic E-state index is -0.689. The van der Waals surface area contributed by atoms with Crippen molar-refractivity contribution in [2.24, 2.45) is 5.41 Å². The van der Waals surface area contributed by atoms with Crippen LogP contribution in [0.5, 0.6) is 0 Å². The SMILES string of the molecule is CC1(CN2CCC(n3cc(Nc4ccc5c6c(cccc46)C(=O)N5C4CCC(=O)NC4=O)cn3)CC2)CCC1. The Morgan fingerprint density at radius 1 is 1.08 bits per heavy atom. The van der Waals surface area contributed by atoms with E-state index < -0.39 is 11.9 Å². The summed E-state index contributed by atoms with van der Waals surface area (Å²) in [6, 6.07) is 9.24. The summed E-state index contributed by atoms with van der Waals surface area (Å²) in [6.45, 7) is 5.89. The van der Waals surface area contributed by atoms with Gasteiger partial charge in [-0.05, 0) is 55.7 Å². The summed E-state index contributed by atoms with van der Waals surface area (Å²) in [5.41, 5.74) is 3.61. The molecule has 1 aliphatic carbocycles. The lowest BCUT2D eigenvalue weighted by Gasteiger charge is -2.44. The highest BCUT2D eigenvalue weighted by Crippen LogP contribution is 2.43. The van der Waals surface area contributed by atoms with Gasteiger partial charge >= 0.3 is 0 Å². The maximum Gasteiger partial charge on any atom is 0.259 e. The van der Waals surface area contributed by atoms with Crippen LogP contribution < -0.4 is 15.5 Å². The average molecular weight is 527 g/mol. The van der Waals surface area contributed by atoms with Crippen LogP contribution in [0.25, 0.3) is 10.8 Å². The molecule has 9 nitrogen and oxygen atoms in total. The molecular formula is C30H34N6O3. The third-order valence-electron chi connectivity index (χ3n) is 9.23. The number of amides is 3. The molecule has 202 valence electrons. The fourth-order valence-corrected chi connectivity index (χ4v) is 6.93. The molecule has 0 spiro atoms. The van der Waals surface area contributed by atoms with Crippen LogP contribution in [-0.4, -0.2) is 58.1 Å². The van der Waals surface area contributed by atoms with Crippen LogP contribution in [0.1, 0.15) is 68.3 Å². The smallest absolute Gasteiger partial charge is 0.259 e. The molecule has 3 aliphatic heterocycles. The second-order valence-corrected chi connectivity index (χ2v) is 12.0. The van der Waals surface area contributed by atoms with Gasteiger partial charge in [-0.2, -0.15) is 5.10 Å². The van der Waals surface area contributed by atoms with E-state index in [0.29, 0.717) is 29.1 Å². The number of anilines is 3. The van der Waals surface area contributed by atoms with Gasteiger partial charge in [0.15, 0.2) is 0 Å². The van der Waals surface area contributed by atoms with E-state index in [4.69, 9.17) is 5.10 Å². The molecule has 7 rings (SSSR count). The molecule has 2 N–H and O–H groups in total. The van der Waals surface area contributed by atoms with Gasteiger partial charge in [0, 0.05) is 54.3 Å². The second-order valence-electron chi connectivity index (χ2n) is 12.0. The first-order chi connectivity index (χ1) is 18.9. The van der Waals surface area contributed by atoms with Gasteiger partial charge in [0.05, 0.1) is 23.6 Å². The molecule has 3 aromatic rings. The summed E-state index contributed by atoms with van der Waals surface area (Å²) in [5, 5.41) is 12.3. The van der Waals surface area contributed by atoms with Crippen LogP contribution in [0, 0.1) is 5.41 Å². The first-order valence-electron chi connectivity index (χ1n) is 14.2. The highest BCUT2D eigenvalue weighted by molar-refractivity contribution is 6.28. The zero-order valence-corrected chi connectivity index (χ0v) is 22.3. The van der Waals surface area contributed by atoms with E-state index in [9.17, 15) is 14.4 Å². The van der Waals surface area contributed by atoms with E-state index in [0.717, 1.165) is 48.1 Å². The van der Waals surface area contributed by atoms with Gasteiger partial charge in [-0.1, -0.05) is 25.5 Å². The van der Waals surface area contributed by atoms with Gasteiger partial charge in [-0.15, -0.1) is 0 Å². The predicted molar refractivity (Wildman–Crippen MR) is 149 cm³/mol. The van der Waals surface area contributed by atoms with Crippen molar-refractivity contribution in [2.75, 3.05) is 29.9 Å². The number of nitrogens with zero attached hydrogens (tertiary/aromatic N) is 4. The monoisotopic (exact) mass is 526 g/mol. The van der Waals surface area contributed by atoms with Crippen molar-refractivity contribution in [1.82, 2.24) is 20.0 Å². The van der Waals surface area contributed by atoms with E-state index in [2.05, 4.69) is 33.3 Å². The fraction of sp³-hybridized carbons (Fsp3) is 0.467. The first kappa shape index (κ1) is 24.3. The zero-order valence-electron chi connectivity index (χ0n) is 22.3. The Morgan fingerprint density at radius 2 is 1.90 bits per heavy atom. The Hall–Kier alpha value is -3.72. The number of carbonyl (C=O) groups excluding carboxylic acids is 3. The number of likely N-dealkylation sites (tertiary alicyclic amines) is 1. The van der Waals surface area contributed by atoms with Gasteiger partial charge in [0.2, 0.25) is 11.8 Å². The Balaban J connectivity index is 1.09. The van der Waals surface area contributed by atoms with Crippen LogP contribution in [0.15, 0.2) is 42.7 Å². The minimum Gasteiger partial charge on any atom is -0.352 e. The molecular weight excluding hydrogens is 492 g/mol. The van der Waals surface area contributed by atoms with Crippen molar-refractivity contribution in [3.63, 3.8) is 0 Å². The Morgan fingerprint density at radius 3 is 2.64 bits per heavy atom. The highest BCUT2D eigenvalue weighted by atomic mass is 16.2. The van der Waals surface area contributed by atoms with Crippen LogP contribution >= 0.6 is 0 Å². The van der Waals surface area contributed by atoms with E-state index in [1.54, 1.807) is 11.0 Å². The van der Waals surface area contributed by atoms with Gasteiger partial charge in [-0.3, -0.25) is 29.3 Å². The number of piperidine rings is 2. The Labute approximate surface area is 227 Å². The van der Waals surface area contributed by atoms with Crippen molar-refractivity contribution in [3.05, 3.63) is 48.3 Å². The Bertz CT molecular complexity index is 1480. The molecule has 9 heteroatoms. The van der Waals surface area contributed by atoms with E-state index in [1.165, 1.54) is 25.8 Å². The molecule has 4 aliphatic rings. The standard InChI is InChI=1S/C30H34N6O3/c1-30(12-3-13-30)18-34-14-10-20(11-15-34)35-17-19(16-31-35)32-23-6-7-24-27-21(23)4-2-5-22(27)29(39)36(24)25-8-9-26(37)33-28(25)38/h2,4-7,16-17,20,25,32H,3,8-15,18H2,1H3,(H,33,37,38). The number of hydrogen-bond donors (Lipinski definition) is 2. The van der Waals surface area contributed by atoms with Gasteiger partial charge < -0.3 is 10.2 Å². The molecule has 1 aromatic heterocycles. The minimum absolute atomic E-state index is 0.201. The van der Waals surface area contributed by atoms with Crippen LogP contribution in [-0.2, 0) is 9.59 Å². The van der Waals surface area contributed by atoms with Gasteiger partial charge in [0.25, 0.3) is 5.91 Å². The van der Waals surface area contributed by atoms with E-state index in [-0.39, 0.29) is 18.2 Å². The molecule has 3 amide bonds. The summed E-state index contributed by atoms with van der Waals surface area (Å²) in [4.78, 5) is 41.8. The van der Waals surface area contributed by atoms with Crippen molar-refractivity contribution in [2.45, 2.75) is 64.0 Å². The van der Waals surface area contributed by atoms with Crippen LogP contribution in [0.4, 0.5) is 17.1 Å². The maximum absolute atomic E-state index is 13.4. The fourth-order valence-electron chi connectivity index (χ4n) is 6.93. The van der Waals surface area contributed by atoms with Crippen LogP contribution in [0.2, 0.25) is 0 Å². The molecule has 2 aromatic carbocycles. The van der Waals surface area contributed by atoms with Crippen LogP contribution in [0.3, 0.4) is 0 Å². The molecule has 0 radical (unpaired) electrons. The molecule has 39 heavy (non-hydrogen) atoms. The van der Waals surface area contributed by atoms with E-state index >= 15 is 0 Å². The number of nitrogens with one attached hydrogen (secondary N) is 2. The normalized spacial score (nSPS) is 23.3. The quantitative estimate of drug-likeness (QED) is 0.463. The molecule has 4 heterocycles. The van der Waals surface area contributed by atoms with Gasteiger partial charge in [0.1, 0.15) is 6.04 Å². The number of benzene rings is 2. The maximum atomic E-state index is 13.4. The predicted octanol–water partition coefficient (Wildman–Crippen LogP) is 4.37.